The second-order valence-corrected chi connectivity index (χ2v) is 3.54. The van der Waals surface area contributed by atoms with E-state index in [4.69, 9.17) is 0 Å². The molecular weight excluding hydrogens is 183 g/mol. The molecule has 0 spiro atoms. The molecule has 2 aromatic rings. The molecule has 2 heteroatoms. The quantitative estimate of drug-likeness (QED) is 0.606. The summed E-state index contributed by atoms with van der Waals surface area (Å²) in [6, 6.07) is 8.60. The Labute approximate surface area is 81.8 Å². The van der Waals surface area contributed by atoms with Crippen LogP contribution in [0, 0.1) is 12.7 Å². The fourth-order valence-corrected chi connectivity index (χ4v) is 1.67. The molecule has 0 amide bonds. The lowest BCUT2D eigenvalue weighted by Gasteiger charge is -2.04. The minimum atomic E-state index is -0.205. The third-order valence-corrected chi connectivity index (χ3v) is 2.75. The van der Waals surface area contributed by atoms with Gasteiger partial charge in [0.2, 0.25) is 0 Å². The molecule has 0 fully saturated rings. The minimum Gasteiger partial charge on any atom is -0.207 e. The predicted octanol–water partition coefficient (Wildman–Crippen LogP) is 3.58. The average molecular weight is 192 g/mol. The van der Waals surface area contributed by atoms with Crippen LogP contribution in [0.1, 0.15) is 5.56 Å². The van der Waals surface area contributed by atoms with Crippen molar-refractivity contribution in [1.82, 2.24) is 0 Å². The summed E-state index contributed by atoms with van der Waals surface area (Å²) >= 11 is 4.38. The third kappa shape index (κ3) is 1.42. The van der Waals surface area contributed by atoms with Crippen molar-refractivity contribution in [2.45, 2.75) is 11.8 Å². The molecule has 0 radical (unpaired) electrons. The summed E-state index contributed by atoms with van der Waals surface area (Å²) in [6.45, 7) is 1.99. The van der Waals surface area contributed by atoms with E-state index in [2.05, 4.69) is 12.6 Å². The van der Waals surface area contributed by atoms with Crippen LogP contribution in [0.3, 0.4) is 0 Å². The molecule has 2 aromatic carbocycles. The summed E-state index contributed by atoms with van der Waals surface area (Å²) in [4.78, 5) is 0.928. The van der Waals surface area contributed by atoms with Gasteiger partial charge in [-0.05, 0) is 35.4 Å². The van der Waals surface area contributed by atoms with Gasteiger partial charge in [0.1, 0.15) is 5.82 Å². The van der Waals surface area contributed by atoms with Crippen LogP contribution in [0.5, 0.6) is 0 Å². The van der Waals surface area contributed by atoms with E-state index in [1.165, 1.54) is 12.1 Å². The Morgan fingerprint density at radius 3 is 2.69 bits per heavy atom. The van der Waals surface area contributed by atoms with Crippen molar-refractivity contribution in [2.24, 2.45) is 0 Å². The first kappa shape index (κ1) is 8.57. The van der Waals surface area contributed by atoms with Gasteiger partial charge < -0.3 is 0 Å². The fourth-order valence-electron chi connectivity index (χ4n) is 1.39. The summed E-state index contributed by atoms with van der Waals surface area (Å²) < 4.78 is 12.8. The zero-order valence-corrected chi connectivity index (χ0v) is 8.11. The number of hydrogen-bond acceptors (Lipinski definition) is 1. The van der Waals surface area contributed by atoms with Crippen LogP contribution in [0.2, 0.25) is 0 Å². The summed E-state index contributed by atoms with van der Waals surface area (Å²) in [7, 11) is 0. The molecule has 0 aliphatic carbocycles. The SMILES string of the molecule is Cc1ccc2cc(F)ccc2c1S. The molecule has 0 saturated carbocycles. The Hall–Kier alpha value is -1.02. The van der Waals surface area contributed by atoms with E-state index in [1.54, 1.807) is 6.07 Å². The number of fused-ring (bicyclic) bond motifs is 1. The van der Waals surface area contributed by atoms with Crippen LogP contribution in [0.25, 0.3) is 10.8 Å². The van der Waals surface area contributed by atoms with E-state index in [0.29, 0.717) is 0 Å². The number of hydrogen-bond donors (Lipinski definition) is 1. The highest BCUT2D eigenvalue weighted by molar-refractivity contribution is 7.80. The lowest BCUT2D eigenvalue weighted by molar-refractivity contribution is 0.629. The highest BCUT2D eigenvalue weighted by Crippen LogP contribution is 2.25. The molecule has 66 valence electrons. The van der Waals surface area contributed by atoms with Gasteiger partial charge in [-0.15, -0.1) is 12.6 Å². The van der Waals surface area contributed by atoms with Gasteiger partial charge in [0.05, 0.1) is 0 Å². The van der Waals surface area contributed by atoms with Gasteiger partial charge in [0, 0.05) is 4.90 Å². The van der Waals surface area contributed by atoms with Gasteiger partial charge in [-0.25, -0.2) is 4.39 Å². The maximum Gasteiger partial charge on any atom is 0.123 e. The molecule has 0 N–H and O–H groups in total. The second-order valence-electron chi connectivity index (χ2n) is 3.10. The second kappa shape index (κ2) is 3.04. The van der Waals surface area contributed by atoms with Gasteiger partial charge in [-0.3, -0.25) is 0 Å². The van der Waals surface area contributed by atoms with Gasteiger partial charge in [0.25, 0.3) is 0 Å². The van der Waals surface area contributed by atoms with Crippen molar-refractivity contribution in [1.29, 1.82) is 0 Å². The van der Waals surface area contributed by atoms with E-state index in [-0.39, 0.29) is 5.82 Å². The van der Waals surface area contributed by atoms with Gasteiger partial charge in [-0.2, -0.15) is 0 Å². The molecule has 0 heterocycles. The first-order valence-electron chi connectivity index (χ1n) is 4.06. The third-order valence-electron chi connectivity index (χ3n) is 2.16. The molecule has 0 atom stereocenters. The number of halogens is 1. The summed E-state index contributed by atoms with van der Waals surface area (Å²) in [5.74, 6) is -0.205. The first-order chi connectivity index (χ1) is 6.18. The summed E-state index contributed by atoms with van der Waals surface area (Å²) in [6.07, 6.45) is 0. The maximum atomic E-state index is 12.8. The molecule has 0 aliphatic rings. The highest BCUT2D eigenvalue weighted by Gasteiger charge is 2.01. The molecule has 0 bridgehead atoms. The maximum absolute atomic E-state index is 12.8. The Kier molecular flexibility index (Phi) is 2.00. The fraction of sp³-hybridized carbons (Fsp3) is 0.0909. The van der Waals surface area contributed by atoms with Crippen molar-refractivity contribution in [3.05, 3.63) is 41.7 Å². The van der Waals surface area contributed by atoms with Crippen molar-refractivity contribution < 1.29 is 4.39 Å². The lowest BCUT2D eigenvalue weighted by atomic mass is 10.1. The molecule has 13 heavy (non-hydrogen) atoms. The normalized spacial score (nSPS) is 10.7. The van der Waals surface area contributed by atoms with Crippen LogP contribution < -0.4 is 0 Å². The van der Waals surface area contributed by atoms with Crippen molar-refractivity contribution >= 4 is 23.4 Å². The van der Waals surface area contributed by atoms with Gasteiger partial charge in [-0.1, -0.05) is 18.2 Å². The van der Waals surface area contributed by atoms with Gasteiger partial charge in [0.15, 0.2) is 0 Å². The molecule has 0 aromatic heterocycles. The number of aryl methyl sites for hydroxylation is 1. The van der Waals surface area contributed by atoms with E-state index >= 15 is 0 Å². The minimum absolute atomic E-state index is 0.205. The van der Waals surface area contributed by atoms with E-state index in [1.807, 2.05) is 19.1 Å². The standard InChI is InChI=1S/C11H9FS/c1-7-2-3-8-6-9(12)4-5-10(8)11(7)13/h2-6,13H,1H3. The van der Waals surface area contributed by atoms with Crippen molar-refractivity contribution in [3.8, 4) is 0 Å². The van der Waals surface area contributed by atoms with Crippen molar-refractivity contribution in [2.75, 3.05) is 0 Å². The van der Waals surface area contributed by atoms with E-state index in [0.717, 1.165) is 21.2 Å². The van der Waals surface area contributed by atoms with Crippen molar-refractivity contribution in [3.63, 3.8) is 0 Å². The molecular formula is C11H9FS. The van der Waals surface area contributed by atoms with E-state index < -0.39 is 0 Å². The van der Waals surface area contributed by atoms with Crippen LogP contribution in [0.15, 0.2) is 35.2 Å². The highest BCUT2D eigenvalue weighted by atomic mass is 32.1. The number of rotatable bonds is 0. The predicted molar refractivity (Wildman–Crippen MR) is 55.9 cm³/mol. The summed E-state index contributed by atoms with van der Waals surface area (Å²) in [5, 5.41) is 1.90. The van der Waals surface area contributed by atoms with Crippen LogP contribution in [-0.4, -0.2) is 0 Å². The average Bonchev–Trinajstić information content (AvgIpc) is 2.12. The summed E-state index contributed by atoms with van der Waals surface area (Å²) in [5.41, 5.74) is 1.11. The lowest BCUT2D eigenvalue weighted by Crippen LogP contribution is -1.81. The van der Waals surface area contributed by atoms with Crippen LogP contribution in [-0.2, 0) is 0 Å². The van der Waals surface area contributed by atoms with Gasteiger partial charge >= 0.3 is 0 Å². The molecule has 0 saturated heterocycles. The molecule has 0 unspecified atom stereocenters. The largest absolute Gasteiger partial charge is 0.207 e. The monoisotopic (exact) mass is 192 g/mol. The Bertz CT molecular complexity index is 463. The number of benzene rings is 2. The Morgan fingerprint density at radius 1 is 1.15 bits per heavy atom. The van der Waals surface area contributed by atoms with Crippen LogP contribution in [0.4, 0.5) is 4.39 Å². The van der Waals surface area contributed by atoms with E-state index in [9.17, 15) is 4.39 Å². The zero-order valence-electron chi connectivity index (χ0n) is 7.21. The topological polar surface area (TPSA) is 0 Å². The molecule has 0 nitrogen and oxygen atoms in total. The first-order valence-corrected chi connectivity index (χ1v) is 4.51. The molecule has 2 rings (SSSR count). The smallest absolute Gasteiger partial charge is 0.123 e. The Balaban J connectivity index is 2.87. The van der Waals surface area contributed by atoms with Crippen LogP contribution >= 0.6 is 12.6 Å². The Morgan fingerprint density at radius 2 is 1.92 bits per heavy atom. The molecule has 0 aliphatic heterocycles. The number of thiol groups is 1. The zero-order chi connectivity index (χ0) is 9.42.